The number of aromatic amines is 1. The summed E-state index contributed by atoms with van der Waals surface area (Å²) in [6, 6.07) is 0.361. The molecule has 2 heterocycles. The fourth-order valence-corrected chi connectivity index (χ4v) is 2.63. The second-order valence-electron chi connectivity index (χ2n) is 3.32. The predicted octanol–water partition coefficient (Wildman–Crippen LogP) is 1.50. The highest BCUT2D eigenvalue weighted by Crippen LogP contribution is 2.28. The number of hydrogen-bond donors (Lipinski definition) is 1. The fourth-order valence-electron chi connectivity index (χ4n) is 1.52. The number of H-pyrrole nitrogens is 1. The summed E-state index contributed by atoms with van der Waals surface area (Å²) in [5, 5.41) is 2.86. The minimum atomic E-state index is 0.101. The van der Waals surface area contributed by atoms with Gasteiger partial charge in [0.25, 0.3) is 5.56 Å². The molecule has 0 unspecified atom stereocenters. The van der Waals surface area contributed by atoms with Crippen LogP contribution >= 0.6 is 11.8 Å². The second-order valence-corrected chi connectivity index (χ2v) is 4.31. The Balaban J connectivity index is 2.58. The van der Waals surface area contributed by atoms with Crippen LogP contribution in [0, 0.1) is 0 Å². The topological polar surface area (TPSA) is 37.8 Å². The lowest BCUT2D eigenvalue weighted by molar-refractivity contribution is 0.514. The molecule has 0 radical (unpaired) electrons. The Bertz CT molecular complexity index is 350. The van der Waals surface area contributed by atoms with E-state index in [9.17, 15) is 4.79 Å². The maximum Gasteiger partial charge on any atom is 0.268 e. The van der Waals surface area contributed by atoms with E-state index in [1.54, 1.807) is 0 Å². The average Bonchev–Trinajstić information content (AvgIpc) is 2.53. The summed E-state index contributed by atoms with van der Waals surface area (Å²) < 4.78 is 1.98. The summed E-state index contributed by atoms with van der Waals surface area (Å²) in [7, 11) is 0. The van der Waals surface area contributed by atoms with Crippen LogP contribution in [-0.4, -0.2) is 9.78 Å². The van der Waals surface area contributed by atoms with Gasteiger partial charge in [-0.1, -0.05) is 0 Å². The van der Waals surface area contributed by atoms with Crippen molar-refractivity contribution in [2.45, 2.75) is 31.4 Å². The van der Waals surface area contributed by atoms with Crippen LogP contribution in [0.5, 0.6) is 0 Å². The summed E-state index contributed by atoms with van der Waals surface area (Å²) in [6.07, 6.45) is 0. The van der Waals surface area contributed by atoms with Crippen molar-refractivity contribution < 1.29 is 0 Å². The van der Waals surface area contributed by atoms with E-state index in [1.165, 1.54) is 5.69 Å². The first-order valence-electron chi connectivity index (χ1n) is 4.10. The standard InChI is InChI=1S/C8H12N2OS/c1-5(2)10-7-4-12-3-6(7)8(11)9-10/h5H,3-4H2,1-2H3,(H,9,11). The Morgan fingerprint density at radius 3 is 2.92 bits per heavy atom. The van der Waals surface area contributed by atoms with Crippen molar-refractivity contribution in [3.05, 3.63) is 21.6 Å². The van der Waals surface area contributed by atoms with Gasteiger partial charge in [-0.15, -0.1) is 0 Å². The van der Waals surface area contributed by atoms with Gasteiger partial charge in [-0.3, -0.25) is 14.6 Å². The Morgan fingerprint density at radius 2 is 2.25 bits per heavy atom. The van der Waals surface area contributed by atoms with Crippen LogP contribution in [0.1, 0.15) is 31.1 Å². The molecule has 12 heavy (non-hydrogen) atoms. The summed E-state index contributed by atoms with van der Waals surface area (Å²) in [5.41, 5.74) is 2.28. The van der Waals surface area contributed by atoms with Crippen LogP contribution in [-0.2, 0) is 11.5 Å². The number of rotatable bonds is 1. The Hall–Kier alpha value is -0.640. The van der Waals surface area contributed by atoms with Gasteiger partial charge in [0, 0.05) is 17.5 Å². The third kappa shape index (κ3) is 1.02. The largest absolute Gasteiger partial charge is 0.286 e. The Kier molecular flexibility index (Phi) is 1.79. The maximum atomic E-state index is 11.3. The van der Waals surface area contributed by atoms with Gasteiger partial charge in [-0.2, -0.15) is 11.8 Å². The number of aromatic nitrogens is 2. The first-order valence-corrected chi connectivity index (χ1v) is 5.25. The molecule has 0 spiro atoms. The van der Waals surface area contributed by atoms with Crippen molar-refractivity contribution in [3.8, 4) is 0 Å². The van der Waals surface area contributed by atoms with E-state index >= 15 is 0 Å². The molecule has 4 heteroatoms. The van der Waals surface area contributed by atoms with Gasteiger partial charge in [0.1, 0.15) is 0 Å². The van der Waals surface area contributed by atoms with Gasteiger partial charge >= 0.3 is 0 Å². The summed E-state index contributed by atoms with van der Waals surface area (Å²) in [4.78, 5) is 11.3. The molecule has 0 fully saturated rings. The number of thioether (sulfide) groups is 1. The van der Waals surface area contributed by atoms with Gasteiger partial charge < -0.3 is 0 Å². The predicted molar refractivity (Wildman–Crippen MR) is 50.4 cm³/mol. The quantitative estimate of drug-likeness (QED) is 0.718. The molecule has 0 aliphatic carbocycles. The number of fused-ring (bicyclic) bond motifs is 1. The van der Waals surface area contributed by atoms with E-state index in [0.29, 0.717) is 6.04 Å². The zero-order valence-corrected chi connectivity index (χ0v) is 8.07. The second kappa shape index (κ2) is 2.69. The minimum absolute atomic E-state index is 0.101. The number of hydrogen-bond acceptors (Lipinski definition) is 2. The highest BCUT2D eigenvalue weighted by Gasteiger charge is 2.21. The first kappa shape index (κ1) is 7.98. The maximum absolute atomic E-state index is 11.3. The van der Waals surface area contributed by atoms with Crippen LogP contribution < -0.4 is 5.56 Å². The molecule has 0 aromatic carbocycles. The van der Waals surface area contributed by atoms with Crippen molar-refractivity contribution in [3.63, 3.8) is 0 Å². The van der Waals surface area contributed by atoms with Gasteiger partial charge in [0.2, 0.25) is 0 Å². The van der Waals surface area contributed by atoms with Gasteiger partial charge in [0.15, 0.2) is 0 Å². The number of nitrogens with one attached hydrogen (secondary N) is 1. The van der Waals surface area contributed by atoms with Crippen LogP contribution in [0.15, 0.2) is 4.79 Å². The van der Waals surface area contributed by atoms with Crippen molar-refractivity contribution in [1.82, 2.24) is 9.78 Å². The Labute approximate surface area is 75.1 Å². The lowest BCUT2D eigenvalue weighted by atomic mass is 10.3. The molecule has 3 nitrogen and oxygen atoms in total. The lowest BCUT2D eigenvalue weighted by Gasteiger charge is -2.09. The van der Waals surface area contributed by atoms with Crippen molar-refractivity contribution in [2.75, 3.05) is 0 Å². The molecule has 2 rings (SSSR count). The highest BCUT2D eigenvalue weighted by atomic mass is 32.2. The molecule has 0 amide bonds. The highest BCUT2D eigenvalue weighted by molar-refractivity contribution is 7.98. The van der Waals surface area contributed by atoms with Gasteiger partial charge in [-0.05, 0) is 13.8 Å². The molecular weight excluding hydrogens is 172 g/mol. The molecule has 1 N–H and O–H groups in total. The van der Waals surface area contributed by atoms with Crippen LogP contribution in [0.3, 0.4) is 0 Å². The van der Waals surface area contributed by atoms with Crippen molar-refractivity contribution >= 4 is 11.8 Å². The lowest BCUT2D eigenvalue weighted by Crippen LogP contribution is -2.10. The van der Waals surface area contributed by atoms with Crippen molar-refractivity contribution in [1.29, 1.82) is 0 Å². The van der Waals surface area contributed by atoms with Crippen LogP contribution in [0.4, 0.5) is 0 Å². The van der Waals surface area contributed by atoms with Crippen LogP contribution in [0.25, 0.3) is 0 Å². The molecule has 0 atom stereocenters. The summed E-state index contributed by atoms with van der Waals surface area (Å²) in [6.45, 7) is 4.17. The minimum Gasteiger partial charge on any atom is -0.286 e. The van der Waals surface area contributed by atoms with Crippen LogP contribution in [0.2, 0.25) is 0 Å². The SMILES string of the molecule is CC(C)n1[nH]c(=O)c2c1CSC2. The molecule has 0 saturated heterocycles. The summed E-state index contributed by atoms with van der Waals surface area (Å²) in [5.74, 6) is 1.86. The smallest absolute Gasteiger partial charge is 0.268 e. The average molecular weight is 184 g/mol. The van der Waals surface area contributed by atoms with E-state index in [2.05, 4.69) is 18.9 Å². The zero-order chi connectivity index (χ0) is 8.72. The molecule has 0 saturated carbocycles. The van der Waals surface area contributed by atoms with E-state index in [-0.39, 0.29) is 5.56 Å². The molecule has 1 aliphatic heterocycles. The normalized spacial score (nSPS) is 15.6. The first-order chi connectivity index (χ1) is 5.70. The van der Waals surface area contributed by atoms with Gasteiger partial charge in [0.05, 0.1) is 11.3 Å². The van der Waals surface area contributed by atoms with E-state index in [0.717, 1.165) is 17.1 Å². The third-order valence-electron chi connectivity index (χ3n) is 2.14. The van der Waals surface area contributed by atoms with Gasteiger partial charge in [-0.25, -0.2) is 0 Å². The molecule has 1 aromatic rings. The van der Waals surface area contributed by atoms with E-state index < -0.39 is 0 Å². The molecule has 0 bridgehead atoms. The molecule has 1 aliphatic rings. The molecular formula is C8H12N2OS. The van der Waals surface area contributed by atoms with E-state index in [1.807, 2.05) is 16.4 Å². The fraction of sp³-hybridized carbons (Fsp3) is 0.625. The third-order valence-corrected chi connectivity index (χ3v) is 3.11. The monoisotopic (exact) mass is 184 g/mol. The molecule has 1 aromatic heterocycles. The number of nitrogens with zero attached hydrogens (tertiary/aromatic N) is 1. The Morgan fingerprint density at radius 1 is 1.50 bits per heavy atom. The summed E-state index contributed by atoms with van der Waals surface area (Å²) >= 11 is 1.81. The van der Waals surface area contributed by atoms with E-state index in [4.69, 9.17) is 0 Å². The zero-order valence-electron chi connectivity index (χ0n) is 7.26. The molecule has 66 valence electrons. The van der Waals surface area contributed by atoms with Crippen molar-refractivity contribution in [2.24, 2.45) is 0 Å².